The van der Waals surface area contributed by atoms with Gasteiger partial charge in [-0.3, -0.25) is 9.69 Å². The van der Waals surface area contributed by atoms with E-state index in [0.29, 0.717) is 32.0 Å². The lowest BCUT2D eigenvalue weighted by Gasteiger charge is -2.35. The first-order chi connectivity index (χ1) is 11.6. The molecule has 0 bridgehead atoms. The number of amides is 1. The predicted octanol–water partition coefficient (Wildman–Crippen LogP) is 1.72. The molecule has 1 aromatic carbocycles. The molecule has 1 atom stereocenters. The summed E-state index contributed by atoms with van der Waals surface area (Å²) in [5.41, 5.74) is 1.99. The van der Waals surface area contributed by atoms with Crippen molar-refractivity contribution >= 4 is 16.9 Å². The first kappa shape index (κ1) is 16.9. The van der Waals surface area contributed by atoms with E-state index in [1.807, 2.05) is 24.3 Å². The first-order valence-electron chi connectivity index (χ1n) is 8.68. The van der Waals surface area contributed by atoms with E-state index < -0.39 is 0 Å². The molecule has 24 heavy (non-hydrogen) atoms. The van der Waals surface area contributed by atoms with Gasteiger partial charge in [-0.25, -0.2) is 4.98 Å². The van der Waals surface area contributed by atoms with Crippen LogP contribution in [0.2, 0.25) is 0 Å². The molecule has 2 heterocycles. The number of aromatic amines is 1. The van der Waals surface area contributed by atoms with Gasteiger partial charge in [-0.05, 0) is 26.0 Å². The molecule has 3 rings (SSSR count). The van der Waals surface area contributed by atoms with Gasteiger partial charge in [0, 0.05) is 32.1 Å². The second kappa shape index (κ2) is 7.77. The summed E-state index contributed by atoms with van der Waals surface area (Å²) < 4.78 is 5.71. The maximum absolute atomic E-state index is 12.1. The van der Waals surface area contributed by atoms with Crippen LogP contribution in [0.3, 0.4) is 0 Å². The van der Waals surface area contributed by atoms with Crippen LogP contribution in [0.25, 0.3) is 11.0 Å². The van der Waals surface area contributed by atoms with Crippen LogP contribution in [0.1, 0.15) is 26.1 Å². The monoisotopic (exact) mass is 330 g/mol. The van der Waals surface area contributed by atoms with Crippen LogP contribution in [0.5, 0.6) is 0 Å². The minimum Gasteiger partial charge on any atom is -0.375 e. The molecule has 1 aromatic heterocycles. The van der Waals surface area contributed by atoms with Gasteiger partial charge in [0.25, 0.3) is 0 Å². The lowest BCUT2D eigenvalue weighted by molar-refractivity contribution is -0.126. The zero-order valence-corrected chi connectivity index (χ0v) is 14.4. The van der Waals surface area contributed by atoms with Crippen LogP contribution < -0.4 is 5.32 Å². The van der Waals surface area contributed by atoms with E-state index in [2.05, 4.69) is 34.0 Å². The maximum atomic E-state index is 12.1. The zero-order valence-electron chi connectivity index (χ0n) is 14.4. The van der Waals surface area contributed by atoms with E-state index >= 15 is 0 Å². The van der Waals surface area contributed by atoms with Crippen LogP contribution >= 0.6 is 0 Å². The van der Waals surface area contributed by atoms with Crippen molar-refractivity contribution in [3.63, 3.8) is 0 Å². The van der Waals surface area contributed by atoms with Crippen molar-refractivity contribution in [2.75, 3.05) is 26.2 Å². The van der Waals surface area contributed by atoms with E-state index in [-0.39, 0.29) is 12.0 Å². The number of hydrogen-bond acceptors (Lipinski definition) is 4. The third-order valence-corrected chi connectivity index (χ3v) is 4.44. The number of fused-ring (bicyclic) bond motifs is 1. The Kier molecular flexibility index (Phi) is 5.48. The number of H-pyrrole nitrogens is 1. The summed E-state index contributed by atoms with van der Waals surface area (Å²) in [5.74, 6) is 0.943. The summed E-state index contributed by atoms with van der Waals surface area (Å²) >= 11 is 0. The highest BCUT2D eigenvalue weighted by atomic mass is 16.5. The molecular weight excluding hydrogens is 304 g/mol. The molecule has 0 saturated carbocycles. The SMILES string of the molecule is CC(C)N1CCO[C@H](CC(=O)NCCc2nc3ccccc3[nH]2)C1. The van der Waals surface area contributed by atoms with Crippen molar-refractivity contribution in [2.24, 2.45) is 0 Å². The summed E-state index contributed by atoms with van der Waals surface area (Å²) in [6.45, 7) is 7.41. The number of benzene rings is 1. The van der Waals surface area contributed by atoms with Gasteiger partial charge in [0.15, 0.2) is 0 Å². The molecule has 130 valence electrons. The number of ether oxygens (including phenoxy) is 1. The molecule has 0 radical (unpaired) electrons. The van der Waals surface area contributed by atoms with Gasteiger partial charge < -0.3 is 15.0 Å². The highest BCUT2D eigenvalue weighted by Crippen LogP contribution is 2.12. The molecule has 2 aromatic rings. The number of carbonyl (C=O) groups excluding carboxylic acids is 1. The summed E-state index contributed by atoms with van der Waals surface area (Å²) in [5, 5.41) is 2.97. The number of hydrogen-bond donors (Lipinski definition) is 2. The Balaban J connectivity index is 1.42. The standard InChI is InChI=1S/C18H26N4O2/c1-13(2)22-9-10-24-14(12-22)11-18(23)19-8-7-17-20-15-5-3-4-6-16(15)21-17/h3-6,13-14H,7-12H2,1-2H3,(H,19,23)(H,20,21)/t14-/m1/s1. The van der Waals surface area contributed by atoms with E-state index in [1.165, 1.54) is 0 Å². The van der Waals surface area contributed by atoms with Crippen molar-refractivity contribution in [1.29, 1.82) is 0 Å². The summed E-state index contributed by atoms with van der Waals surface area (Å²) in [4.78, 5) is 22.3. The van der Waals surface area contributed by atoms with Gasteiger partial charge in [0.1, 0.15) is 5.82 Å². The first-order valence-corrected chi connectivity index (χ1v) is 8.68. The molecule has 1 saturated heterocycles. The number of aromatic nitrogens is 2. The van der Waals surface area contributed by atoms with Gasteiger partial charge in [0.2, 0.25) is 5.91 Å². The largest absolute Gasteiger partial charge is 0.375 e. The quantitative estimate of drug-likeness (QED) is 0.846. The zero-order chi connectivity index (χ0) is 16.9. The summed E-state index contributed by atoms with van der Waals surface area (Å²) in [7, 11) is 0. The number of imidazole rings is 1. The van der Waals surface area contributed by atoms with Gasteiger partial charge in [0.05, 0.1) is 30.2 Å². The minimum absolute atomic E-state index is 0.00708. The number of carbonyl (C=O) groups is 1. The third-order valence-electron chi connectivity index (χ3n) is 4.44. The second-order valence-corrected chi connectivity index (χ2v) is 6.59. The average molecular weight is 330 g/mol. The maximum Gasteiger partial charge on any atom is 0.222 e. The fraction of sp³-hybridized carbons (Fsp3) is 0.556. The van der Waals surface area contributed by atoms with Gasteiger partial charge in [-0.15, -0.1) is 0 Å². The molecule has 1 aliphatic heterocycles. The van der Waals surface area contributed by atoms with Crippen molar-refractivity contribution in [3.8, 4) is 0 Å². The molecule has 6 nitrogen and oxygen atoms in total. The molecule has 2 N–H and O–H groups in total. The van der Waals surface area contributed by atoms with Crippen molar-refractivity contribution in [2.45, 2.75) is 38.8 Å². The number of para-hydroxylation sites is 2. The van der Waals surface area contributed by atoms with Crippen molar-refractivity contribution in [1.82, 2.24) is 20.2 Å². The molecule has 1 aliphatic rings. The molecule has 1 fully saturated rings. The Bertz CT molecular complexity index is 649. The van der Waals surface area contributed by atoms with Crippen LogP contribution in [0, 0.1) is 0 Å². The van der Waals surface area contributed by atoms with Crippen molar-refractivity contribution in [3.05, 3.63) is 30.1 Å². The normalized spacial score (nSPS) is 19.0. The van der Waals surface area contributed by atoms with E-state index in [1.54, 1.807) is 0 Å². The Hall–Kier alpha value is -1.92. The Morgan fingerprint density at radius 1 is 1.46 bits per heavy atom. The number of morpholine rings is 1. The van der Waals surface area contributed by atoms with Crippen LogP contribution in [-0.4, -0.2) is 59.2 Å². The molecule has 1 amide bonds. The highest BCUT2D eigenvalue weighted by Gasteiger charge is 2.24. The smallest absolute Gasteiger partial charge is 0.222 e. The molecular formula is C18H26N4O2. The minimum atomic E-state index is -0.00708. The van der Waals surface area contributed by atoms with E-state index in [9.17, 15) is 4.79 Å². The number of rotatable bonds is 6. The van der Waals surface area contributed by atoms with E-state index in [4.69, 9.17) is 4.74 Å². The van der Waals surface area contributed by atoms with Gasteiger partial charge >= 0.3 is 0 Å². The lowest BCUT2D eigenvalue weighted by atomic mass is 10.1. The van der Waals surface area contributed by atoms with Gasteiger partial charge in [-0.1, -0.05) is 12.1 Å². The van der Waals surface area contributed by atoms with Gasteiger partial charge in [-0.2, -0.15) is 0 Å². The van der Waals surface area contributed by atoms with Crippen LogP contribution in [0.15, 0.2) is 24.3 Å². The Morgan fingerprint density at radius 3 is 3.08 bits per heavy atom. The van der Waals surface area contributed by atoms with Crippen molar-refractivity contribution < 1.29 is 9.53 Å². The fourth-order valence-electron chi connectivity index (χ4n) is 3.06. The van der Waals surface area contributed by atoms with Crippen LogP contribution in [0.4, 0.5) is 0 Å². The number of nitrogens with zero attached hydrogens (tertiary/aromatic N) is 2. The van der Waals surface area contributed by atoms with Crippen LogP contribution in [-0.2, 0) is 16.0 Å². The Morgan fingerprint density at radius 2 is 2.29 bits per heavy atom. The number of nitrogens with one attached hydrogen (secondary N) is 2. The lowest BCUT2D eigenvalue weighted by Crippen LogP contribution is -2.47. The fourth-order valence-corrected chi connectivity index (χ4v) is 3.06. The highest BCUT2D eigenvalue weighted by molar-refractivity contribution is 5.76. The predicted molar refractivity (Wildman–Crippen MR) is 93.9 cm³/mol. The molecule has 6 heteroatoms. The summed E-state index contributed by atoms with van der Waals surface area (Å²) in [6.07, 6.45) is 1.11. The average Bonchev–Trinajstić information content (AvgIpc) is 2.97. The third kappa shape index (κ3) is 4.33. The molecule has 0 unspecified atom stereocenters. The molecule has 0 spiro atoms. The summed E-state index contributed by atoms with van der Waals surface area (Å²) in [6, 6.07) is 8.43. The second-order valence-electron chi connectivity index (χ2n) is 6.59. The Labute approximate surface area is 142 Å². The topological polar surface area (TPSA) is 70.2 Å². The van der Waals surface area contributed by atoms with E-state index in [0.717, 1.165) is 29.9 Å². The molecule has 0 aliphatic carbocycles.